The summed E-state index contributed by atoms with van der Waals surface area (Å²) in [4.78, 5) is 18.1. The number of rotatable bonds is 6. The van der Waals surface area contributed by atoms with Gasteiger partial charge in [0.05, 0.1) is 5.57 Å². The fourth-order valence-corrected chi connectivity index (χ4v) is 4.68. The highest BCUT2D eigenvalue weighted by Gasteiger charge is 2.34. The highest BCUT2D eigenvalue weighted by molar-refractivity contribution is 7.98. The summed E-state index contributed by atoms with van der Waals surface area (Å²) in [5, 5.41) is 21.4. The van der Waals surface area contributed by atoms with Crippen molar-refractivity contribution in [2.75, 3.05) is 10.6 Å². The van der Waals surface area contributed by atoms with Gasteiger partial charge in [0.25, 0.3) is 5.91 Å². The van der Waals surface area contributed by atoms with Crippen LogP contribution in [0.4, 0.5) is 11.6 Å². The number of anilines is 2. The summed E-state index contributed by atoms with van der Waals surface area (Å²) in [5.41, 5.74) is 3.95. The van der Waals surface area contributed by atoms with Crippen LogP contribution in [0.25, 0.3) is 0 Å². The highest BCUT2D eigenvalue weighted by atomic mass is 32.2. The topological polar surface area (TPSA) is 92.1 Å². The van der Waals surface area contributed by atoms with Gasteiger partial charge in [-0.05, 0) is 42.3 Å². The first-order valence-electron chi connectivity index (χ1n) is 10.8. The molecule has 5 rings (SSSR count). The first-order chi connectivity index (χ1) is 16.6. The van der Waals surface area contributed by atoms with Crippen LogP contribution in [-0.4, -0.2) is 25.8 Å². The number of carbonyl (C=O) groups is 1. The Labute approximate surface area is 201 Å². The number of benzene rings is 3. The molecule has 0 saturated carbocycles. The van der Waals surface area contributed by atoms with Gasteiger partial charge in [-0.3, -0.25) is 4.79 Å². The summed E-state index contributed by atoms with van der Waals surface area (Å²) in [6.07, 6.45) is 0. The second-order valence-electron chi connectivity index (χ2n) is 7.91. The monoisotopic (exact) mass is 469 g/mol. The van der Waals surface area contributed by atoms with Crippen molar-refractivity contribution in [1.82, 2.24) is 14.8 Å². The van der Waals surface area contributed by atoms with Gasteiger partial charge in [-0.15, -0.1) is 5.10 Å². The first-order valence-corrected chi connectivity index (χ1v) is 11.8. The van der Waals surface area contributed by atoms with Crippen molar-refractivity contribution in [3.63, 3.8) is 0 Å². The van der Waals surface area contributed by atoms with E-state index in [0.717, 1.165) is 11.3 Å². The summed E-state index contributed by atoms with van der Waals surface area (Å²) < 4.78 is 1.74. The average Bonchev–Trinajstić information content (AvgIpc) is 3.26. The Morgan fingerprint density at radius 2 is 1.71 bits per heavy atom. The number of phenols is 1. The molecular weight excluding hydrogens is 446 g/mol. The molecule has 1 amide bonds. The number of amides is 1. The van der Waals surface area contributed by atoms with Crippen molar-refractivity contribution in [2.45, 2.75) is 23.9 Å². The second kappa shape index (κ2) is 9.44. The van der Waals surface area contributed by atoms with Gasteiger partial charge >= 0.3 is 0 Å². The average molecular weight is 470 g/mol. The molecule has 0 aliphatic carbocycles. The number of aromatic nitrogens is 3. The third-order valence-electron chi connectivity index (χ3n) is 5.53. The van der Waals surface area contributed by atoms with Gasteiger partial charge in [0.2, 0.25) is 11.1 Å². The predicted octanol–water partition coefficient (Wildman–Crippen LogP) is 5.20. The van der Waals surface area contributed by atoms with Crippen LogP contribution < -0.4 is 10.6 Å². The van der Waals surface area contributed by atoms with Gasteiger partial charge in [0.1, 0.15) is 11.8 Å². The van der Waals surface area contributed by atoms with Crippen LogP contribution in [-0.2, 0) is 10.5 Å². The third-order valence-corrected chi connectivity index (χ3v) is 6.44. The zero-order valence-electron chi connectivity index (χ0n) is 18.5. The van der Waals surface area contributed by atoms with Gasteiger partial charge in [-0.25, -0.2) is 4.68 Å². The summed E-state index contributed by atoms with van der Waals surface area (Å²) in [5.74, 6) is 1.24. The summed E-state index contributed by atoms with van der Waals surface area (Å²) in [6, 6.07) is 25.8. The van der Waals surface area contributed by atoms with Crippen LogP contribution in [0, 0.1) is 0 Å². The maximum absolute atomic E-state index is 13.4. The largest absolute Gasteiger partial charge is 0.508 e. The van der Waals surface area contributed by atoms with E-state index >= 15 is 0 Å². The number of hydrogen-bond donors (Lipinski definition) is 3. The lowest BCUT2D eigenvalue weighted by molar-refractivity contribution is -0.113. The van der Waals surface area contributed by atoms with Crippen molar-refractivity contribution < 1.29 is 9.90 Å². The van der Waals surface area contributed by atoms with Crippen LogP contribution >= 0.6 is 11.8 Å². The van der Waals surface area contributed by atoms with E-state index in [9.17, 15) is 9.90 Å². The molecule has 3 N–H and O–H groups in total. The molecule has 0 spiro atoms. The Morgan fingerprint density at radius 1 is 1.03 bits per heavy atom. The van der Waals surface area contributed by atoms with Crippen LogP contribution in [0.15, 0.2) is 101 Å². The minimum absolute atomic E-state index is 0.159. The van der Waals surface area contributed by atoms with Crippen LogP contribution in [0.2, 0.25) is 0 Å². The van der Waals surface area contributed by atoms with Gasteiger partial charge < -0.3 is 15.7 Å². The summed E-state index contributed by atoms with van der Waals surface area (Å²) in [7, 11) is 0. The van der Waals surface area contributed by atoms with Gasteiger partial charge in [0, 0.05) is 17.1 Å². The van der Waals surface area contributed by atoms with Crippen molar-refractivity contribution in [3.8, 4) is 5.75 Å². The van der Waals surface area contributed by atoms with Crippen LogP contribution in [0.5, 0.6) is 5.75 Å². The maximum Gasteiger partial charge on any atom is 0.255 e. The zero-order valence-corrected chi connectivity index (χ0v) is 19.3. The third kappa shape index (κ3) is 4.53. The van der Waals surface area contributed by atoms with Crippen molar-refractivity contribution in [2.24, 2.45) is 0 Å². The molecule has 3 aromatic carbocycles. The van der Waals surface area contributed by atoms with Crippen molar-refractivity contribution in [1.29, 1.82) is 0 Å². The minimum atomic E-state index is -0.501. The highest BCUT2D eigenvalue weighted by Crippen LogP contribution is 2.37. The Hall–Kier alpha value is -4.04. The number of hydrogen-bond acceptors (Lipinski definition) is 6. The molecule has 7 nitrogen and oxygen atoms in total. The van der Waals surface area contributed by atoms with Crippen molar-refractivity contribution in [3.05, 3.63) is 107 Å². The lowest BCUT2D eigenvalue weighted by Crippen LogP contribution is -2.31. The molecular formula is C26H23N5O2S. The lowest BCUT2D eigenvalue weighted by atomic mass is 9.95. The lowest BCUT2D eigenvalue weighted by Gasteiger charge is -2.28. The van der Waals surface area contributed by atoms with E-state index in [1.807, 2.05) is 55.5 Å². The summed E-state index contributed by atoms with van der Waals surface area (Å²) in [6.45, 7) is 1.86. The number of nitrogens with zero attached hydrogens (tertiary/aromatic N) is 3. The number of carbonyl (C=O) groups excluding carboxylic acids is 1. The maximum atomic E-state index is 13.4. The second-order valence-corrected chi connectivity index (χ2v) is 8.86. The van der Waals surface area contributed by atoms with Crippen LogP contribution in [0.1, 0.15) is 24.1 Å². The predicted molar refractivity (Wildman–Crippen MR) is 134 cm³/mol. The molecule has 0 saturated heterocycles. The molecule has 2 heterocycles. The number of thioether (sulfide) groups is 1. The molecule has 0 bridgehead atoms. The molecule has 1 aliphatic heterocycles. The smallest absolute Gasteiger partial charge is 0.255 e. The number of para-hydroxylation sites is 1. The van der Waals surface area contributed by atoms with E-state index in [0.29, 0.717) is 28.1 Å². The van der Waals surface area contributed by atoms with Crippen molar-refractivity contribution >= 4 is 29.3 Å². The Morgan fingerprint density at radius 3 is 2.41 bits per heavy atom. The van der Waals surface area contributed by atoms with Gasteiger partial charge in [0.15, 0.2) is 0 Å². The standard InChI is InChI=1S/C26H23N5O2S/c1-17-22(24(33)28-20-10-6-3-7-11-20)23(19-12-14-21(32)15-13-19)31-25(27-17)29-26(30-31)34-16-18-8-4-2-5-9-18/h2-15,23,32H,16H2,1H3,(H,28,33)(H,27,29,30)/t23-/m0/s1. The molecule has 1 aliphatic rings. The Kier molecular flexibility index (Phi) is 6.05. The number of fused-ring (bicyclic) bond motifs is 1. The van der Waals surface area contributed by atoms with E-state index in [1.54, 1.807) is 28.9 Å². The number of nitrogens with one attached hydrogen (secondary N) is 2. The van der Waals surface area contributed by atoms with Gasteiger partial charge in [-0.2, -0.15) is 4.98 Å². The van der Waals surface area contributed by atoms with Crippen LogP contribution in [0.3, 0.4) is 0 Å². The quantitative estimate of drug-likeness (QED) is 0.336. The minimum Gasteiger partial charge on any atom is -0.508 e. The van der Waals surface area contributed by atoms with E-state index in [2.05, 4.69) is 27.8 Å². The fourth-order valence-electron chi connectivity index (χ4n) is 3.89. The SMILES string of the molecule is CC1=C(C(=O)Nc2ccccc2)[C@H](c2ccc(O)cc2)n2nc(SCc3ccccc3)nc2N1. The normalized spacial score (nSPS) is 14.9. The molecule has 8 heteroatoms. The number of phenolic OH excluding ortho intramolecular Hbond substituents is 1. The van der Waals surface area contributed by atoms with E-state index in [4.69, 9.17) is 5.10 Å². The molecule has 0 unspecified atom stereocenters. The van der Waals surface area contributed by atoms with E-state index in [-0.39, 0.29) is 11.7 Å². The molecule has 34 heavy (non-hydrogen) atoms. The Balaban J connectivity index is 1.49. The number of aromatic hydroxyl groups is 1. The molecule has 1 aromatic heterocycles. The summed E-state index contributed by atoms with van der Waals surface area (Å²) >= 11 is 1.54. The molecule has 1 atom stereocenters. The zero-order chi connectivity index (χ0) is 23.5. The first kappa shape index (κ1) is 21.8. The molecule has 170 valence electrons. The molecule has 4 aromatic rings. The molecule has 0 fully saturated rings. The van der Waals surface area contributed by atoms with Gasteiger partial charge in [-0.1, -0.05) is 72.4 Å². The van der Waals surface area contributed by atoms with E-state index < -0.39 is 6.04 Å². The fraction of sp³-hybridized carbons (Fsp3) is 0.115. The Bertz CT molecular complexity index is 1330. The number of allylic oxidation sites excluding steroid dienone is 1. The van der Waals surface area contributed by atoms with E-state index in [1.165, 1.54) is 17.3 Å². The molecule has 0 radical (unpaired) electrons.